The summed E-state index contributed by atoms with van der Waals surface area (Å²) in [6.07, 6.45) is 0. The SMILES string of the molecule is O=C(O)c1cc(O)c(O)c(O)c1.c1ccccc1. The van der Waals surface area contributed by atoms with Crippen LogP contribution in [0.2, 0.25) is 0 Å². The van der Waals surface area contributed by atoms with Crippen molar-refractivity contribution in [3.8, 4) is 17.2 Å². The van der Waals surface area contributed by atoms with E-state index in [1.165, 1.54) is 0 Å². The summed E-state index contributed by atoms with van der Waals surface area (Å²) in [6, 6.07) is 13.7. The molecule has 5 heteroatoms. The number of carboxylic acids is 1. The minimum Gasteiger partial charge on any atom is -0.504 e. The lowest BCUT2D eigenvalue weighted by Gasteiger charge is -2.01. The van der Waals surface area contributed by atoms with E-state index in [4.69, 9.17) is 20.4 Å². The Hall–Kier alpha value is -2.69. The fourth-order valence-electron chi connectivity index (χ4n) is 1.11. The van der Waals surface area contributed by atoms with Crippen LogP contribution in [0.1, 0.15) is 10.4 Å². The summed E-state index contributed by atoms with van der Waals surface area (Å²) in [7, 11) is 0. The third kappa shape index (κ3) is 3.71. The van der Waals surface area contributed by atoms with Crippen LogP contribution in [0, 0.1) is 0 Å². The molecule has 18 heavy (non-hydrogen) atoms. The van der Waals surface area contributed by atoms with Crippen LogP contribution in [0.25, 0.3) is 0 Å². The number of rotatable bonds is 1. The Balaban J connectivity index is 0.000000225. The van der Waals surface area contributed by atoms with E-state index in [0.29, 0.717) is 0 Å². The topological polar surface area (TPSA) is 98.0 Å². The maximum absolute atomic E-state index is 10.3. The van der Waals surface area contributed by atoms with Crippen LogP contribution in [-0.4, -0.2) is 26.4 Å². The minimum absolute atomic E-state index is 0.289. The predicted molar refractivity (Wildman–Crippen MR) is 64.8 cm³/mol. The van der Waals surface area contributed by atoms with Crippen LogP contribution in [0.4, 0.5) is 0 Å². The van der Waals surface area contributed by atoms with Gasteiger partial charge in [0.2, 0.25) is 0 Å². The van der Waals surface area contributed by atoms with Gasteiger partial charge in [-0.25, -0.2) is 4.79 Å². The van der Waals surface area contributed by atoms with Crippen molar-refractivity contribution < 1.29 is 25.2 Å². The molecule has 0 saturated heterocycles. The number of hydrogen-bond donors (Lipinski definition) is 4. The van der Waals surface area contributed by atoms with E-state index < -0.39 is 23.2 Å². The van der Waals surface area contributed by atoms with Crippen LogP contribution in [0.15, 0.2) is 48.5 Å². The molecule has 0 bridgehead atoms. The number of benzene rings is 2. The van der Waals surface area contributed by atoms with E-state index >= 15 is 0 Å². The number of hydrogen-bond acceptors (Lipinski definition) is 4. The quantitative estimate of drug-likeness (QED) is 0.580. The highest BCUT2D eigenvalue weighted by Gasteiger charge is 2.11. The molecule has 0 spiro atoms. The summed E-state index contributed by atoms with van der Waals surface area (Å²) in [6.45, 7) is 0. The Bertz CT molecular complexity index is 472. The summed E-state index contributed by atoms with van der Waals surface area (Å²) in [5.41, 5.74) is -0.289. The van der Waals surface area contributed by atoms with Crippen LogP contribution in [0.5, 0.6) is 17.2 Å². The van der Waals surface area contributed by atoms with Gasteiger partial charge in [-0.3, -0.25) is 0 Å². The molecule has 2 aromatic carbocycles. The molecule has 0 aliphatic carbocycles. The van der Waals surface area contributed by atoms with Crippen molar-refractivity contribution in [2.75, 3.05) is 0 Å². The molecular formula is C13H12O5. The molecule has 0 amide bonds. The second kappa shape index (κ2) is 6.15. The molecule has 0 radical (unpaired) electrons. The number of phenols is 3. The van der Waals surface area contributed by atoms with E-state index in [1.54, 1.807) is 0 Å². The van der Waals surface area contributed by atoms with Crippen LogP contribution in [-0.2, 0) is 0 Å². The normalized spacial score (nSPS) is 9.11. The summed E-state index contributed by atoms with van der Waals surface area (Å²) in [5, 5.41) is 35.0. The minimum atomic E-state index is -1.29. The van der Waals surface area contributed by atoms with Gasteiger partial charge in [0.15, 0.2) is 17.2 Å². The maximum Gasteiger partial charge on any atom is 0.335 e. The lowest BCUT2D eigenvalue weighted by molar-refractivity contribution is 0.0696. The van der Waals surface area contributed by atoms with Crippen molar-refractivity contribution >= 4 is 5.97 Å². The van der Waals surface area contributed by atoms with Gasteiger partial charge in [0.25, 0.3) is 0 Å². The first kappa shape index (κ1) is 13.4. The molecule has 0 fully saturated rings. The summed E-state index contributed by atoms with van der Waals surface area (Å²) in [5.74, 6) is -3.33. The monoisotopic (exact) mass is 248 g/mol. The molecule has 4 N–H and O–H groups in total. The largest absolute Gasteiger partial charge is 0.504 e. The third-order valence-electron chi connectivity index (χ3n) is 1.98. The summed E-state index contributed by atoms with van der Waals surface area (Å²) in [4.78, 5) is 10.3. The van der Waals surface area contributed by atoms with E-state index in [0.717, 1.165) is 12.1 Å². The zero-order valence-electron chi connectivity index (χ0n) is 9.32. The number of aromatic hydroxyl groups is 3. The van der Waals surface area contributed by atoms with E-state index in [2.05, 4.69) is 0 Å². The Morgan fingerprint density at radius 2 is 1.11 bits per heavy atom. The molecule has 0 aliphatic heterocycles. The highest BCUT2D eigenvalue weighted by Crippen LogP contribution is 2.35. The van der Waals surface area contributed by atoms with Gasteiger partial charge >= 0.3 is 5.97 Å². The molecule has 2 rings (SSSR count). The Kier molecular flexibility index (Phi) is 4.57. The van der Waals surface area contributed by atoms with E-state index in [9.17, 15) is 4.79 Å². The molecular weight excluding hydrogens is 236 g/mol. The van der Waals surface area contributed by atoms with Crippen molar-refractivity contribution in [2.24, 2.45) is 0 Å². The lowest BCUT2D eigenvalue weighted by atomic mass is 10.2. The average Bonchev–Trinajstić information content (AvgIpc) is 2.38. The van der Waals surface area contributed by atoms with E-state index in [-0.39, 0.29) is 5.56 Å². The standard InChI is InChI=1S/C7H6O5.C6H6/c8-4-1-3(7(11)12)2-5(9)6(4)10;1-2-4-6-5-3-1/h1-2,8-10H,(H,11,12);1-6H. The van der Waals surface area contributed by atoms with E-state index in [1.807, 2.05) is 36.4 Å². The molecule has 0 saturated carbocycles. The van der Waals surface area contributed by atoms with Gasteiger partial charge in [-0.1, -0.05) is 36.4 Å². The third-order valence-corrected chi connectivity index (χ3v) is 1.98. The highest BCUT2D eigenvalue weighted by atomic mass is 16.4. The van der Waals surface area contributed by atoms with Gasteiger partial charge in [0, 0.05) is 0 Å². The van der Waals surface area contributed by atoms with Gasteiger partial charge in [0.1, 0.15) is 0 Å². The molecule has 0 aromatic heterocycles. The first-order valence-electron chi connectivity index (χ1n) is 5.00. The number of carbonyl (C=O) groups is 1. The zero-order valence-corrected chi connectivity index (χ0v) is 9.32. The second-order valence-corrected chi connectivity index (χ2v) is 3.32. The Morgan fingerprint density at radius 3 is 1.39 bits per heavy atom. The van der Waals surface area contributed by atoms with Gasteiger partial charge < -0.3 is 20.4 Å². The molecule has 2 aromatic rings. The lowest BCUT2D eigenvalue weighted by Crippen LogP contribution is -1.95. The van der Waals surface area contributed by atoms with Crippen LogP contribution in [0.3, 0.4) is 0 Å². The van der Waals surface area contributed by atoms with Gasteiger partial charge in [-0.15, -0.1) is 0 Å². The maximum atomic E-state index is 10.3. The Morgan fingerprint density at radius 1 is 0.778 bits per heavy atom. The van der Waals surface area contributed by atoms with Crippen LogP contribution >= 0.6 is 0 Å². The summed E-state index contributed by atoms with van der Waals surface area (Å²) >= 11 is 0. The smallest absolute Gasteiger partial charge is 0.335 e. The zero-order chi connectivity index (χ0) is 13.5. The number of carboxylic acid groups (broad SMARTS) is 1. The van der Waals surface area contributed by atoms with Crippen molar-refractivity contribution in [1.29, 1.82) is 0 Å². The fourth-order valence-corrected chi connectivity index (χ4v) is 1.11. The van der Waals surface area contributed by atoms with Gasteiger partial charge in [0.05, 0.1) is 5.56 Å². The highest BCUT2D eigenvalue weighted by molar-refractivity contribution is 5.89. The molecule has 0 heterocycles. The second-order valence-electron chi connectivity index (χ2n) is 3.32. The van der Waals surface area contributed by atoms with Gasteiger partial charge in [-0.2, -0.15) is 0 Å². The van der Waals surface area contributed by atoms with Crippen molar-refractivity contribution in [1.82, 2.24) is 0 Å². The number of phenolic OH excluding ortho intramolecular Hbond substituents is 3. The Labute approximate surface area is 103 Å². The molecule has 0 aliphatic rings. The first-order valence-corrected chi connectivity index (χ1v) is 5.00. The molecule has 5 nitrogen and oxygen atoms in total. The summed E-state index contributed by atoms with van der Waals surface area (Å²) < 4.78 is 0. The van der Waals surface area contributed by atoms with Crippen LogP contribution < -0.4 is 0 Å². The molecule has 0 atom stereocenters. The number of aromatic carboxylic acids is 1. The predicted octanol–water partition coefficient (Wildman–Crippen LogP) is 2.19. The van der Waals surface area contributed by atoms with Crippen molar-refractivity contribution in [3.05, 3.63) is 54.1 Å². The first-order chi connectivity index (χ1) is 8.52. The fraction of sp³-hybridized carbons (Fsp3) is 0. The molecule has 0 unspecified atom stereocenters. The average molecular weight is 248 g/mol. The van der Waals surface area contributed by atoms with Crippen molar-refractivity contribution in [2.45, 2.75) is 0 Å². The molecule has 94 valence electrons. The van der Waals surface area contributed by atoms with Gasteiger partial charge in [-0.05, 0) is 12.1 Å². The van der Waals surface area contributed by atoms with Crippen molar-refractivity contribution in [3.63, 3.8) is 0 Å².